The van der Waals surface area contributed by atoms with Gasteiger partial charge in [0.2, 0.25) is 0 Å². The fraction of sp³-hybridized carbons (Fsp3) is 0.600. The molecule has 0 fully saturated rings. The topological polar surface area (TPSA) is 37.8 Å². The van der Waals surface area contributed by atoms with Gasteiger partial charge >= 0.3 is 0 Å². The Balaban J connectivity index is 2.84. The standard InChI is InChI=1S/C10H16ClN3/c1-4-5-12-9-6-8(11)13-10(14-9)7(2)3/h6-7H,4-5H2,1-3H3,(H,12,13,14). The molecule has 0 spiro atoms. The van der Waals surface area contributed by atoms with Crippen molar-refractivity contribution in [1.82, 2.24) is 9.97 Å². The van der Waals surface area contributed by atoms with Gasteiger partial charge in [-0.3, -0.25) is 0 Å². The number of anilines is 1. The van der Waals surface area contributed by atoms with Crippen molar-refractivity contribution in [1.29, 1.82) is 0 Å². The smallest absolute Gasteiger partial charge is 0.135 e. The number of hydrogen-bond acceptors (Lipinski definition) is 3. The predicted octanol–water partition coefficient (Wildman–Crippen LogP) is 3.08. The Labute approximate surface area is 89.9 Å². The van der Waals surface area contributed by atoms with Crippen molar-refractivity contribution in [2.75, 3.05) is 11.9 Å². The SMILES string of the molecule is CCCNc1cc(Cl)nc(C(C)C)n1. The minimum atomic E-state index is 0.302. The number of halogens is 1. The zero-order chi connectivity index (χ0) is 10.6. The monoisotopic (exact) mass is 213 g/mol. The van der Waals surface area contributed by atoms with E-state index in [0.717, 1.165) is 24.6 Å². The molecule has 78 valence electrons. The third kappa shape index (κ3) is 3.14. The Morgan fingerprint density at radius 3 is 2.71 bits per heavy atom. The summed E-state index contributed by atoms with van der Waals surface area (Å²) in [7, 11) is 0. The van der Waals surface area contributed by atoms with Gasteiger partial charge in [-0.2, -0.15) is 0 Å². The van der Waals surface area contributed by atoms with Crippen LogP contribution < -0.4 is 5.32 Å². The molecule has 0 amide bonds. The molecule has 1 heterocycles. The molecule has 0 atom stereocenters. The summed E-state index contributed by atoms with van der Waals surface area (Å²) in [5.74, 6) is 1.91. The minimum absolute atomic E-state index is 0.302. The highest BCUT2D eigenvalue weighted by molar-refractivity contribution is 6.29. The van der Waals surface area contributed by atoms with Crippen LogP contribution >= 0.6 is 11.6 Å². The van der Waals surface area contributed by atoms with E-state index in [9.17, 15) is 0 Å². The van der Waals surface area contributed by atoms with Crippen LogP contribution in [0.5, 0.6) is 0 Å². The van der Waals surface area contributed by atoms with Gasteiger partial charge < -0.3 is 5.32 Å². The van der Waals surface area contributed by atoms with Gasteiger partial charge in [-0.25, -0.2) is 9.97 Å². The first kappa shape index (κ1) is 11.2. The van der Waals surface area contributed by atoms with Gasteiger partial charge in [0.1, 0.15) is 16.8 Å². The van der Waals surface area contributed by atoms with Crippen LogP contribution in [0.25, 0.3) is 0 Å². The lowest BCUT2D eigenvalue weighted by Gasteiger charge is -2.08. The van der Waals surface area contributed by atoms with Crippen molar-refractivity contribution in [3.8, 4) is 0 Å². The molecule has 0 aliphatic carbocycles. The van der Waals surface area contributed by atoms with Crippen LogP contribution in [0.3, 0.4) is 0 Å². The van der Waals surface area contributed by atoms with Crippen LogP contribution in [-0.2, 0) is 0 Å². The van der Waals surface area contributed by atoms with Crippen molar-refractivity contribution >= 4 is 17.4 Å². The van der Waals surface area contributed by atoms with E-state index >= 15 is 0 Å². The van der Waals surface area contributed by atoms with E-state index in [4.69, 9.17) is 11.6 Å². The van der Waals surface area contributed by atoms with Gasteiger partial charge in [0, 0.05) is 18.5 Å². The maximum absolute atomic E-state index is 5.88. The van der Waals surface area contributed by atoms with E-state index in [2.05, 4.69) is 36.1 Å². The molecule has 0 saturated heterocycles. The normalized spacial score (nSPS) is 10.6. The largest absolute Gasteiger partial charge is 0.370 e. The fourth-order valence-corrected chi connectivity index (χ4v) is 1.23. The molecular weight excluding hydrogens is 198 g/mol. The molecule has 1 aromatic rings. The third-order valence-corrected chi connectivity index (χ3v) is 1.98. The molecule has 3 nitrogen and oxygen atoms in total. The Hall–Kier alpha value is -0.830. The number of rotatable bonds is 4. The quantitative estimate of drug-likeness (QED) is 0.782. The summed E-state index contributed by atoms with van der Waals surface area (Å²) >= 11 is 5.88. The van der Waals surface area contributed by atoms with Gasteiger partial charge in [0.05, 0.1) is 0 Å². The number of aromatic nitrogens is 2. The average molecular weight is 214 g/mol. The maximum atomic E-state index is 5.88. The molecule has 1 aromatic heterocycles. The predicted molar refractivity (Wildman–Crippen MR) is 59.9 cm³/mol. The molecule has 0 bridgehead atoms. The van der Waals surface area contributed by atoms with Crippen LogP contribution in [0, 0.1) is 0 Å². The van der Waals surface area contributed by atoms with E-state index in [1.165, 1.54) is 0 Å². The van der Waals surface area contributed by atoms with Gasteiger partial charge in [-0.1, -0.05) is 32.4 Å². The summed E-state index contributed by atoms with van der Waals surface area (Å²) in [6.07, 6.45) is 1.07. The van der Waals surface area contributed by atoms with Crippen molar-refractivity contribution in [3.63, 3.8) is 0 Å². The van der Waals surface area contributed by atoms with Crippen LogP contribution in [0.2, 0.25) is 5.15 Å². The van der Waals surface area contributed by atoms with Gasteiger partial charge in [-0.15, -0.1) is 0 Å². The second kappa shape index (κ2) is 5.15. The van der Waals surface area contributed by atoms with Gasteiger partial charge in [-0.05, 0) is 6.42 Å². The summed E-state index contributed by atoms with van der Waals surface area (Å²) < 4.78 is 0. The summed E-state index contributed by atoms with van der Waals surface area (Å²) in [6.45, 7) is 7.12. The minimum Gasteiger partial charge on any atom is -0.370 e. The second-order valence-electron chi connectivity index (χ2n) is 3.52. The highest BCUT2D eigenvalue weighted by atomic mass is 35.5. The highest BCUT2D eigenvalue weighted by Crippen LogP contribution is 2.16. The van der Waals surface area contributed by atoms with E-state index in [1.54, 1.807) is 6.07 Å². The third-order valence-electron chi connectivity index (χ3n) is 1.78. The summed E-state index contributed by atoms with van der Waals surface area (Å²) in [6, 6.07) is 1.75. The highest BCUT2D eigenvalue weighted by Gasteiger charge is 2.06. The summed E-state index contributed by atoms with van der Waals surface area (Å²) in [5, 5.41) is 3.70. The Bertz CT molecular complexity index is 299. The van der Waals surface area contributed by atoms with Crippen molar-refractivity contribution in [2.45, 2.75) is 33.1 Å². The Morgan fingerprint density at radius 1 is 1.43 bits per heavy atom. The van der Waals surface area contributed by atoms with Crippen LogP contribution in [-0.4, -0.2) is 16.5 Å². The van der Waals surface area contributed by atoms with Crippen LogP contribution in [0.1, 0.15) is 38.9 Å². The molecule has 0 saturated carbocycles. The van der Waals surface area contributed by atoms with Crippen molar-refractivity contribution in [3.05, 3.63) is 17.0 Å². The van der Waals surface area contributed by atoms with Crippen LogP contribution in [0.15, 0.2) is 6.07 Å². The zero-order valence-electron chi connectivity index (χ0n) is 8.84. The second-order valence-corrected chi connectivity index (χ2v) is 3.90. The zero-order valence-corrected chi connectivity index (χ0v) is 9.60. The molecule has 14 heavy (non-hydrogen) atoms. The van der Waals surface area contributed by atoms with Crippen LogP contribution in [0.4, 0.5) is 5.82 Å². The van der Waals surface area contributed by atoms with Gasteiger partial charge in [0.25, 0.3) is 0 Å². The Kier molecular flexibility index (Phi) is 4.14. The molecule has 1 rings (SSSR count). The molecule has 0 radical (unpaired) electrons. The fourth-order valence-electron chi connectivity index (χ4n) is 1.04. The van der Waals surface area contributed by atoms with E-state index < -0.39 is 0 Å². The first-order valence-electron chi connectivity index (χ1n) is 4.91. The summed E-state index contributed by atoms with van der Waals surface area (Å²) in [5.41, 5.74) is 0. The molecule has 0 aliphatic rings. The lowest BCUT2D eigenvalue weighted by atomic mass is 10.2. The van der Waals surface area contributed by atoms with E-state index in [-0.39, 0.29) is 0 Å². The average Bonchev–Trinajstić information content (AvgIpc) is 2.14. The Morgan fingerprint density at radius 2 is 2.14 bits per heavy atom. The molecule has 0 unspecified atom stereocenters. The number of hydrogen-bond donors (Lipinski definition) is 1. The maximum Gasteiger partial charge on any atom is 0.135 e. The number of nitrogens with zero attached hydrogens (tertiary/aromatic N) is 2. The van der Waals surface area contributed by atoms with E-state index in [1.807, 2.05) is 0 Å². The molecule has 1 N–H and O–H groups in total. The molecule has 4 heteroatoms. The summed E-state index contributed by atoms with van der Waals surface area (Å²) in [4.78, 5) is 8.52. The molecule has 0 aromatic carbocycles. The first-order valence-corrected chi connectivity index (χ1v) is 5.29. The van der Waals surface area contributed by atoms with Crippen molar-refractivity contribution < 1.29 is 0 Å². The molecule has 0 aliphatic heterocycles. The lowest BCUT2D eigenvalue weighted by Crippen LogP contribution is -2.06. The van der Waals surface area contributed by atoms with Gasteiger partial charge in [0.15, 0.2) is 0 Å². The number of nitrogens with one attached hydrogen (secondary N) is 1. The molecular formula is C10H16ClN3. The lowest BCUT2D eigenvalue weighted by molar-refractivity contribution is 0.773. The first-order chi connectivity index (χ1) is 6.63. The van der Waals surface area contributed by atoms with E-state index in [0.29, 0.717) is 11.1 Å². The van der Waals surface area contributed by atoms with Crippen molar-refractivity contribution in [2.24, 2.45) is 0 Å².